The summed E-state index contributed by atoms with van der Waals surface area (Å²) in [5.74, 6) is 0.109. The van der Waals surface area contributed by atoms with E-state index in [1.54, 1.807) is 23.0 Å². The lowest BCUT2D eigenvalue weighted by atomic mass is 9.92. The van der Waals surface area contributed by atoms with E-state index in [-0.39, 0.29) is 17.4 Å². The van der Waals surface area contributed by atoms with Crippen molar-refractivity contribution in [2.24, 2.45) is 0 Å². The highest BCUT2D eigenvalue weighted by molar-refractivity contribution is 5.83. The van der Waals surface area contributed by atoms with E-state index in [1.165, 1.54) is 6.07 Å². The lowest BCUT2D eigenvalue weighted by molar-refractivity contribution is -0.0498. The van der Waals surface area contributed by atoms with Crippen molar-refractivity contribution in [2.45, 2.75) is 64.7 Å². The molecule has 0 radical (unpaired) electrons. The van der Waals surface area contributed by atoms with Crippen molar-refractivity contribution in [1.29, 1.82) is 0 Å². The van der Waals surface area contributed by atoms with Gasteiger partial charge < -0.3 is 9.84 Å². The third-order valence-electron chi connectivity index (χ3n) is 6.32. The monoisotopic (exact) mass is 428 g/mol. The second-order valence-corrected chi connectivity index (χ2v) is 8.26. The van der Waals surface area contributed by atoms with Crippen LogP contribution in [0.5, 0.6) is 5.75 Å². The zero-order chi connectivity index (χ0) is 22.1. The smallest absolute Gasteiger partial charge is 0.387 e. The van der Waals surface area contributed by atoms with E-state index in [4.69, 9.17) is 0 Å². The quantitative estimate of drug-likeness (QED) is 0.641. The summed E-state index contributed by atoms with van der Waals surface area (Å²) in [7, 11) is 0. The highest BCUT2D eigenvalue weighted by atomic mass is 19.3. The fourth-order valence-electron chi connectivity index (χ4n) is 4.50. The molecule has 1 heterocycles. The molecule has 164 valence electrons. The van der Waals surface area contributed by atoms with Gasteiger partial charge in [0.2, 0.25) is 0 Å². The van der Waals surface area contributed by atoms with Gasteiger partial charge in [-0.15, -0.1) is 0 Å². The summed E-state index contributed by atoms with van der Waals surface area (Å²) in [6.07, 6.45) is 4.86. The van der Waals surface area contributed by atoms with E-state index in [9.17, 15) is 18.7 Å². The molecule has 1 N–H and O–H groups in total. The van der Waals surface area contributed by atoms with Crippen LogP contribution in [0.25, 0.3) is 10.9 Å². The summed E-state index contributed by atoms with van der Waals surface area (Å²) in [4.78, 5) is 17.9. The molecule has 1 aromatic heterocycles. The minimum atomic E-state index is -2.88. The Bertz CT molecular complexity index is 1160. The maximum atomic E-state index is 13.3. The number of benzene rings is 2. The zero-order valence-electron chi connectivity index (χ0n) is 17.6. The third kappa shape index (κ3) is 4.32. The standard InChI is InChI=1S/C24H26F2N2O3/c1-14-15(2)22-19(23(30)28(13-27-22)20-8-3-4-9-21(20)29)12-17(14)10-16-6-5-7-18(11-16)31-24(25)26/h5-7,11-13,20-21,24,29H,3-4,8-10H2,1-2H3/t20-,21-/m1/s1. The Morgan fingerprint density at radius 2 is 1.97 bits per heavy atom. The van der Waals surface area contributed by atoms with Crippen LogP contribution in [0, 0.1) is 13.8 Å². The number of fused-ring (bicyclic) bond motifs is 1. The summed E-state index contributed by atoms with van der Waals surface area (Å²) in [6, 6.07) is 8.19. The maximum Gasteiger partial charge on any atom is 0.387 e. The number of halogens is 2. The molecular weight excluding hydrogens is 402 g/mol. The summed E-state index contributed by atoms with van der Waals surface area (Å²) < 4.78 is 31.2. The first-order chi connectivity index (χ1) is 14.8. The van der Waals surface area contributed by atoms with Crippen molar-refractivity contribution in [2.75, 3.05) is 0 Å². The summed E-state index contributed by atoms with van der Waals surface area (Å²) in [5.41, 5.74) is 4.17. The molecule has 4 rings (SSSR count). The molecule has 3 aromatic rings. The minimum absolute atomic E-state index is 0.109. The van der Waals surface area contributed by atoms with E-state index in [1.807, 2.05) is 26.0 Å². The van der Waals surface area contributed by atoms with Gasteiger partial charge in [0.1, 0.15) is 5.75 Å². The fraction of sp³-hybridized carbons (Fsp3) is 0.417. The highest BCUT2D eigenvalue weighted by Gasteiger charge is 2.26. The number of hydrogen-bond donors (Lipinski definition) is 1. The van der Waals surface area contributed by atoms with Crippen molar-refractivity contribution >= 4 is 10.9 Å². The van der Waals surface area contributed by atoms with Crippen molar-refractivity contribution in [1.82, 2.24) is 9.55 Å². The van der Waals surface area contributed by atoms with Crippen LogP contribution in [0.3, 0.4) is 0 Å². The first-order valence-electron chi connectivity index (χ1n) is 10.6. The van der Waals surface area contributed by atoms with Crippen molar-refractivity contribution in [3.63, 3.8) is 0 Å². The third-order valence-corrected chi connectivity index (χ3v) is 6.32. The molecule has 1 aliphatic rings. The number of ether oxygens (including phenoxy) is 1. The van der Waals surface area contributed by atoms with Crippen molar-refractivity contribution in [3.8, 4) is 5.75 Å². The molecule has 1 fully saturated rings. The molecular formula is C24H26F2N2O3. The first-order valence-corrected chi connectivity index (χ1v) is 10.6. The second kappa shape index (κ2) is 8.75. The van der Waals surface area contributed by atoms with Crippen LogP contribution in [0.2, 0.25) is 0 Å². The fourth-order valence-corrected chi connectivity index (χ4v) is 4.50. The molecule has 2 aromatic carbocycles. The van der Waals surface area contributed by atoms with Crippen LogP contribution in [0.4, 0.5) is 8.78 Å². The molecule has 0 unspecified atom stereocenters. The van der Waals surface area contributed by atoms with Crippen LogP contribution in [-0.4, -0.2) is 27.4 Å². The lowest BCUT2D eigenvalue weighted by Gasteiger charge is -2.29. The van der Waals surface area contributed by atoms with Crippen LogP contribution in [-0.2, 0) is 6.42 Å². The average Bonchev–Trinajstić information content (AvgIpc) is 2.73. The number of aryl methyl sites for hydroxylation is 1. The van der Waals surface area contributed by atoms with Crippen LogP contribution >= 0.6 is 0 Å². The molecule has 0 amide bonds. The number of alkyl halides is 2. The molecule has 0 bridgehead atoms. The van der Waals surface area contributed by atoms with Gasteiger partial charge in [-0.25, -0.2) is 4.98 Å². The van der Waals surface area contributed by atoms with Gasteiger partial charge in [0.25, 0.3) is 5.56 Å². The zero-order valence-corrected chi connectivity index (χ0v) is 17.6. The Morgan fingerprint density at radius 3 is 2.71 bits per heavy atom. The van der Waals surface area contributed by atoms with Gasteiger partial charge in [0.15, 0.2) is 0 Å². The Labute approximate surface area is 179 Å². The van der Waals surface area contributed by atoms with Gasteiger partial charge in [0.05, 0.1) is 29.4 Å². The first kappa shape index (κ1) is 21.4. The van der Waals surface area contributed by atoms with Crippen LogP contribution < -0.4 is 10.3 Å². The molecule has 0 aliphatic heterocycles. The number of nitrogens with zero attached hydrogens (tertiary/aromatic N) is 2. The largest absolute Gasteiger partial charge is 0.435 e. The second-order valence-electron chi connectivity index (χ2n) is 8.26. The number of hydrogen-bond acceptors (Lipinski definition) is 4. The lowest BCUT2D eigenvalue weighted by Crippen LogP contribution is -2.34. The molecule has 0 saturated heterocycles. The number of aliphatic hydroxyl groups excluding tert-OH is 1. The number of aromatic nitrogens is 2. The normalized spacial score (nSPS) is 19.2. The Morgan fingerprint density at radius 1 is 1.19 bits per heavy atom. The minimum Gasteiger partial charge on any atom is -0.435 e. The van der Waals surface area contributed by atoms with Gasteiger partial charge >= 0.3 is 6.61 Å². The Balaban J connectivity index is 1.75. The van der Waals surface area contributed by atoms with Gasteiger partial charge in [-0.2, -0.15) is 8.78 Å². The Kier molecular flexibility index (Phi) is 6.05. The van der Waals surface area contributed by atoms with E-state index in [2.05, 4.69) is 9.72 Å². The van der Waals surface area contributed by atoms with Gasteiger partial charge in [0, 0.05) is 0 Å². The van der Waals surface area contributed by atoms with Gasteiger partial charge in [-0.1, -0.05) is 25.0 Å². The predicted octanol–water partition coefficient (Wildman–Crippen LogP) is 4.68. The summed E-state index contributed by atoms with van der Waals surface area (Å²) in [5, 5.41) is 10.9. The molecule has 1 aliphatic carbocycles. The number of aliphatic hydroxyl groups is 1. The van der Waals surface area contributed by atoms with Crippen LogP contribution in [0.15, 0.2) is 41.5 Å². The molecule has 5 nitrogen and oxygen atoms in total. The maximum absolute atomic E-state index is 13.3. The molecule has 31 heavy (non-hydrogen) atoms. The van der Waals surface area contributed by atoms with E-state index in [0.717, 1.165) is 41.5 Å². The van der Waals surface area contributed by atoms with Gasteiger partial charge in [-0.3, -0.25) is 9.36 Å². The predicted molar refractivity (Wildman–Crippen MR) is 115 cm³/mol. The average molecular weight is 428 g/mol. The van der Waals surface area contributed by atoms with Gasteiger partial charge in [-0.05, 0) is 73.6 Å². The highest BCUT2D eigenvalue weighted by Crippen LogP contribution is 2.29. The molecule has 1 saturated carbocycles. The van der Waals surface area contributed by atoms with Crippen LogP contribution in [0.1, 0.15) is 54.0 Å². The Hall–Kier alpha value is -2.80. The van der Waals surface area contributed by atoms with E-state index in [0.29, 0.717) is 23.7 Å². The number of rotatable bonds is 5. The van der Waals surface area contributed by atoms with E-state index >= 15 is 0 Å². The molecule has 7 heteroatoms. The van der Waals surface area contributed by atoms with Crippen molar-refractivity contribution in [3.05, 3.63) is 69.3 Å². The topological polar surface area (TPSA) is 64.3 Å². The SMILES string of the molecule is Cc1c(Cc2cccc(OC(F)F)c2)cc2c(=O)n([C@@H]3CCCC[C@H]3O)cnc2c1C. The summed E-state index contributed by atoms with van der Waals surface area (Å²) >= 11 is 0. The molecule has 0 spiro atoms. The van der Waals surface area contributed by atoms with E-state index < -0.39 is 12.7 Å². The molecule has 2 atom stereocenters. The van der Waals surface area contributed by atoms with Crippen molar-refractivity contribution < 1.29 is 18.6 Å². The summed E-state index contributed by atoms with van der Waals surface area (Å²) in [6.45, 7) is 1.03.